The number of rotatable bonds is 5. The second kappa shape index (κ2) is 5.86. The Balaban J connectivity index is 2.31. The summed E-state index contributed by atoms with van der Waals surface area (Å²) in [5, 5.41) is 17.7. The smallest absolute Gasteiger partial charge is 0.295 e. The quantitative estimate of drug-likeness (QED) is 0.680. The summed E-state index contributed by atoms with van der Waals surface area (Å²) in [4.78, 5) is 10.1. The Bertz CT molecular complexity index is 685. The van der Waals surface area contributed by atoms with E-state index in [1.807, 2.05) is 6.92 Å². The highest BCUT2D eigenvalue weighted by Crippen LogP contribution is 2.29. The number of aryl methyl sites for hydroxylation is 2. The lowest BCUT2D eigenvalue weighted by molar-refractivity contribution is -0.384. The van der Waals surface area contributed by atoms with Gasteiger partial charge in [0.25, 0.3) is 5.69 Å². The van der Waals surface area contributed by atoms with Crippen molar-refractivity contribution in [3.05, 3.63) is 51.3 Å². The highest BCUT2D eigenvalue weighted by molar-refractivity contribution is 5.62. The van der Waals surface area contributed by atoms with Gasteiger partial charge in [-0.3, -0.25) is 14.8 Å². The Kier molecular flexibility index (Phi) is 4.15. The summed E-state index contributed by atoms with van der Waals surface area (Å²) < 4.78 is 28.6. The summed E-state index contributed by atoms with van der Waals surface area (Å²) in [6.45, 7) is 2.04. The van der Waals surface area contributed by atoms with Crippen LogP contribution in [-0.4, -0.2) is 14.7 Å². The predicted molar refractivity (Wildman–Crippen MR) is 72.9 cm³/mol. The number of aromatic nitrogens is 2. The van der Waals surface area contributed by atoms with Crippen molar-refractivity contribution in [3.8, 4) is 0 Å². The van der Waals surface area contributed by atoms with Crippen LogP contribution in [0.1, 0.15) is 18.2 Å². The topological polar surface area (TPSA) is 73.0 Å². The number of hydrogen-bond donors (Lipinski definition) is 1. The molecule has 8 heteroatoms. The molecule has 0 aliphatic carbocycles. The van der Waals surface area contributed by atoms with Gasteiger partial charge >= 0.3 is 0 Å². The van der Waals surface area contributed by atoms with Crippen molar-refractivity contribution >= 4 is 11.4 Å². The number of nitrogens with zero attached hydrogens (tertiary/aromatic N) is 3. The van der Waals surface area contributed by atoms with E-state index in [9.17, 15) is 18.9 Å². The van der Waals surface area contributed by atoms with E-state index in [1.54, 1.807) is 17.9 Å². The molecule has 0 amide bonds. The molecule has 21 heavy (non-hydrogen) atoms. The van der Waals surface area contributed by atoms with E-state index in [1.165, 1.54) is 0 Å². The van der Waals surface area contributed by atoms with Crippen LogP contribution in [0.15, 0.2) is 18.3 Å². The zero-order valence-electron chi connectivity index (χ0n) is 11.6. The second-order valence-corrected chi connectivity index (χ2v) is 4.49. The van der Waals surface area contributed by atoms with Crippen molar-refractivity contribution in [2.45, 2.75) is 19.9 Å². The van der Waals surface area contributed by atoms with Crippen molar-refractivity contribution in [2.24, 2.45) is 7.05 Å². The van der Waals surface area contributed by atoms with Crippen molar-refractivity contribution in [3.63, 3.8) is 0 Å². The standard InChI is InChI=1S/C13H14F2N4O2/c1-3-10-8(7-18(2)17-10)6-16-13-11(19(20)21)5-4-9(14)12(13)15/h4-5,7,16H,3,6H2,1-2H3. The number of nitro groups is 1. The van der Waals surface area contributed by atoms with Gasteiger partial charge < -0.3 is 5.32 Å². The average Bonchev–Trinajstić information content (AvgIpc) is 2.80. The molecule has 0 saturated heterocycles. The summed E-state index contributed by atoms with van der Waals surface area (Å²) >= 11 is 0. The predicted octanol–water partition coefficient (Wildman–Crippen LogP) is 2.78. The lowest BCUT2D eigenvalue weighted by Gasteiger charge is -2.08. The summed E-state index contributed by atoms with van der Waals surface area (Å²) in [7, 11) is 1.74. The highest BCUT2D eigenvalue weighted by Gasteiger charge is 2.21. The van der Waals surface area contributed by atoms with Crippen LogP contribution in [0.5, 0.6) is 0 Å². The minimum absolute atomic E-state index is 0.123. The molecule has 1 aromatic heterocycles. The molecule has 2 aromatic rings. The maximum Gasteiger partial charge on any atom is 0.295 e. The SMILES string of the molecule is CCc1nn(C)cc1CNc1c([N+](=O)[O-])ccc(F)c1F. The molecule has 0 spiro atoms. The lowest BCUT2D eigenvalue weighted by atomic mass is 10.2. The fourth-order valence-corrected chi connectivity index (χ4v) is 2.07. The van der Waals surface area contributed by atoms with Gasteiger partial charge in [-0.05, 0) is 12.5 Å². The normalized spacial score (nSPS) is 10.7. The lowest BCUT2D eigenvalue weighted by Crippen LogP contribution is -2.07. The van der Waals surface area contributed by atoms with Gasteiger partial charge in [-0.15, -0.1) is 0 Å². The van der Waals surface area contributed by atoms with Crippen molar-refractivity contribution in [1.82, 2.24) is 9.78 Å². The number of nitro benzene ring substituents is 1. The zero-order valence-corrected chi connectivity index (χ0v) is 11.6. The van der Waals surface area contributed by atoms with Gasteiger partial charge in [0.1, 0.15) is 0 Å². The molecule has 0 unspecified atom stereocenters. The number of benzene rings is 1. The summed E-state index contributed by atoms with van der Waals surface area (Å²) in [5.41, 5.74) is 0.615. The Morgan fingerprint density at radius 3 is 2.76 bits per heavy atom. The minimum Gasteiger partial charge on any atom is -0.373 e. The molecule has 1 aromatic carbocycles. The van der Waals surface area contributed by atoms with Crippen LogP contribution in [0.25, 0.3) is 0 Å². The number of halogens is 2. The third-order valence-corrected chi connectivity index (χ3v) is 3.05. The summed E-state index contributed by atoms with van der Waals surface area (Å²) in [6, 6.07) is 1.67. The van der Waals surface area contributed by atoms with E-state index in [4.69, 9.17) is 0 Å². The molecule has 0 fully saturated rings. The highest BCUT2D eigenvalue weighted by atomic mass is 19.2. The van der Waals surface area contributed by atoms with E-state index in [0.717, 1.165) is 23.4 Å². The van der Waals surface area contributed by atoms with E-state index < -0.39 is 27.9 Å². The van der Waals surface area contributed by atoms with Gasteiger partial charge in [-0.1, -0.05) is 6.92 Å². The fourth-order valence-electron chi connectivity index (χ4n) is 2.07. The molecule has 0 aliphatic rings. The summed E-state index contributed by atoms with van der Waals surface area (Å²) in [5.74, 6) is -2.39. The molecule has 2 rings (SSSR count). The Hall–Kier alpha value is -2.51. The second-order valence-electron chi connectivity index (χ2n) is 4.49. The first-order valence-electron chi connectivity index (χ1n) is 6.31. The molecule has 0 radical (unpaired) electrons. The monoisotopic (exact) mass is 296 g/mol. The van der Waals surface area contributed by atoms with E-state index in [2.05, 4.69) is 10.4 Å². The van der Waals surface area contributed by atoms with Crippen LogP contribution in [0, 0.1) is 21.7 Å². The van der Waals surface area contributed by atoms with Crippen LogP contribution >= 0.6 is 0 Å². The van der Waals surface area contributed by atoms with Gasteiger partial charge in [0.05, 0.1) is 10.6 Å². The first kappa shape index (κ1) is 14.9. The van der Waals surface area contributed by atoms with Crippen LogP contribution in [0.3, 0.4) is 0 Å². The third kappa shape index (κ3) is 2.99. The minimum atomic E-state index is -1.26. The molecule has 1 N–H and O–H groups in total. The van der Waals surface area contributed by atoms with E-state index in [-0.39, 0.29) is 6.54 Å². The Morgan fingerprint density at radius 2 is 2.14 bits per heavy atom. The van der Waals surface area contributed by atoms with Crippen LogP contribution in [0.4, 0.5) is 20.2 Å². The molecule has 0 bridgehead atoms. The van der Waals surface area contributed by atoms with Gasteiger partial charge in [0, 0.05) is 31.4 Å². The molecule has 1 heterocycles. The molecule has 112 valence electrons. The van der Waals surface area contributed by atoms with Gasteiger partial charge in [-0.25, -0.2) is 8.78 Å². The Morgan fingerprint density at radius 1 is 1.43 bits per heavy atom. The van der Waals surface area contributed by atoms with Crippen molar-refractivity contribution < 1.29 is 13.7 Å². The van der Waals surface area contributed by atoms with Crippen LogP contribution < -0.4 is 5.32 Å². The van der Waals surface area contributed by atoms with E-state index >= 15 is 0 Å². The van der Waals surface area contributed by atoms with E-state index in [0.29, 0.717) is 6.42 Å². The Labute approximate surface area is 119 Å². The molecule has 0 atom stereocenters. The van der Waals surface area contributed by atoms with Crippen molar-refractivity contribution in [2.75, 3.05) is 5.32 Å². The maximum absolute atomic E-state index is 13.8. The number of anilines is 1. The van der Waals surface area contributed by atoms with Crippen LogP contribution in [-0.2, 0) is 20.0 Å². The van der Waals surface area contributed by atoms with Gasteiger partial charge in [0.2, 0.25) is 0 Å². The molecular weight excluding hydrogens is 282 g/mol. The maximum atomic E-state index is 13.8. The van der Waals surface area contributed by atoms with Crippen LogP contribution in [0.2, 0.25) is 0 Å². The third-order valence-electron chi connectivity index (χ3n) is 3.05. The number of hydrogen-bond acceptors (Lipinski definition) is 4. The van der Waals surface area contributed by atoms with Gasteiger partial charge in [-0.2, -0.15) is 5.10 Å². The first-order valence-corrected chi connectivity index (χ1v) is 6.31. The summed E-state index contributed by atoms with van der Waals surface area (Å²) in [6.07, 6.45) is 2.40. The molecule has 0 saturated carbocycles. The molecule has 6 nitrogen and oxygen atoms in total. The first-order chi connectivity index (χ1) is 9.93. The largest absolute Gasteiger partial charge is 0.373 e. The zero-order chi connectivity index (χ0) is 15.6. The molecule has 0 aliphatic heterocycles. The fraction of sp³-hybridized carbons (Fsp3) is 0.308. The van der Waals surface area contributed by atoms with Crippen molar-refractivity contribution in [1.29, 1.82) is 0 Å². The number of nitrogens with one attached hydrogen (secondary N) is 1. The molecular formula is C13H14F2N4O2. The van der Waals surface area contributed by atoms with Gasteiger partial charge in [0.15, 0.2) is 17.3 Å². The average molecular weight is 296 g/mol.